The number of rotatable bonds is 6. The number of fused-ring (bicyclic) bond motifs is 1. The van der Waals surface area contributed by atoms with Gasteiger partial charge in [0.2, 0.25) is 5.91 Å². The van der Waals surface area contributed by atoms with Crippen molar-refractivity contribution in [2.75, 3.05) is 5.32 Å². The number of hydrogen-bond acceptors (Lipinski definition) is 6. The number of hydrogen-bond donors (Lipinski definition) is 1. The number of pyridine rings is 2. The highest BCUT2D eigenvalue weighted by Crippen LogP contribution is 2.26. The Bertz CT molecular complexity index is 1180. The van der Waals surface area contributed by atoms with Gasteiger partial charge in [-0.2, -0.15) is 15.0 Å². The quantitative estimate of drug-likeness (QED) is 0.508. The van der Waals surface area contributed by atoms with Crippen LogP contribution in [0, 0.1) is 0 Å². The van der Waals surface area contributed by atoms with Gasteiger partial charge in [-0.3, -0.25) is 14.6 Å². The molecule has 0 radical (unpaired) electrons. The summed E-state index contributed by atoms with van der Waals surface area (Å²) >= 11 is 0. The number of aromatic nitrogens is 6. The zero-order chi connectivity index (χ0) is 20.4. The first kappa shape index (κ1) is 18.5. The van der Waals surface area contributed by atoms with Crippen molar-refractivity contribution in [3.05, 3.63) is 66.5 Å². The molecule has 0 aliphatic heterocycles. The minimum absolute atomic E-state index is 0.0413. The molecule has 0 atom stereocenters. The van der Waals surface area contributed by atoms with Crippen LogP contribution < -0.4 is 5.32 Å². The van der Waals surface area contributed by atoms with E-state index in [1.807, 2.05) is 16.8 Å². The first-order valence-corrected chi connectivity index (χ1v) is 9.12. The van der Waals surface area contributed by atoms with E-state index in [1.54, 1.807) is 24.5 Å². The lowest BCUT2D eigenvalue weighted by Gasteiger charge is -2.08. The molecule has 0 saturated carbocycles. The molecule has 29 heavy (non-hydrogen) atoms. The van der Waals surface area contributed by atoms with Crippen LogP contribution in [0.5, 0.6) is 0 Å². The molecular weight excluding hydrogens is 370 g/mol. The normalized spacial score (nSPS) is 11.1. The molecule has 4 rings (SSSR count). The zero-order valence-corrected chi connectivity index (χ0v) is 16.0. The van der Waals surface area contributed by atoms with Crippen LogP contribution in [0.1, 0.15) is 35.8 Å². The highest BCUT2D eigenvalue weighted by atomic mass is 16.2. The summed E-state index contributed by atoms with van der Waals surface area (Å²) in [5.74, 6) is -0.202. The third-order valence-corrected chi connectivity index (χ3v) is 4.48. The lowest BCUT2D eigenvalue weighted by atomic mass is 10.0. The van der Waals surface area contributed by atoms with E-state index in [1.165, 1.54) is 23.4 Å². The summed E-state index contributed by atoms with van der Waals surface area (Å²) in [4.78, 5) is 34.9. The maximum absolute atomic E-state index is 13.2. The molecule has 0 spiro atoms. The second-order valence-electron chi connectivity index (χ2n) is 6.80. The van der Waals surface area contributed by atoms with Gasteiger partial charge in [-0.25, -0.2) is 4.98 Å². The minimum atomic E-state index is -0.334. The molecular formula is C20H19N7O2. The van der Waals surface area contributed by atoms with E-state index < -0.39 is 0 Å². The first-order chi connectivity index (χ1) is 14.0. The minimum Gasteiger partial charge on any atom is -0.344 e. The Morgan fingerprint density at radius 2 is 1.90 bits per heavy atom. The Morgan fingerprint density at radius 3 is 2.66 bits per heavy atom. The largest absolute Gasteiger partial charge is 0.344 e. The van der Waals surface area contributed by atoms with Crippen LogP contribution in [-0.4, -0.2) is 41.2 Å². The third kappa shape index (κ3) is 3.75. The fourth-order valence-corrected chi connectivity index (χ4v) is 3.14. The molecule has 0 aromatic carbocycles. The molecule has 4 aromatic rings. The summed E-state index contributed by atoms with van der Waals surface area (Å²) in [5, 5.41) is 11.2. The monoisotopic (exact) mass is 389 g/mol. The van der Waals surface area contributed by atoms with Gasteiger partial charge < -0.3 is 9.88 Å². The van der Waals surface area contributed by atoms with Crippen LogP contribution in [0.2, 0.25) is 0 Å². The molecule has 0 aliphatic rings. The Hall–Kier alpha value is -3.88. The van der Waals surface area contributed by atoms with E-state index in [2.05, 4.69) is 39.3 Å². The Balaban J connectivity index is 1.61. The lowest BCUT2D eigenvalue weighted by Crippen LogP contribution is -2.21. The number of amides is 1. The molecule has 1 amide bonds. The van der Waals surface area contributed by atoms with Crippen molar-refractivity contribution in [3.8, 4) is 0 Å². The van der Waals surface area contributed by atoms with Gasteiger partial charge in [0.25, 0.3) is 0 Å². The molecule has 0 bridgehead atoms. The maximum Gasteiger partial charge on any atom is 0.249 e. The van der Waals surface area contributed by atoms with E-state index in [0.29, 0.717) is 16.9 Å². The van der Waals surface area contributed by atoms with Crippen molar-refractivity contribution in [1.29, 1.82) is 0 Å². The first-order valence-electron chi connectivity index (χ1n) is 9.12. The molecule has 0 unspecified atom stereocenters. The van der Waals surface area contributed by atoms with Gasteiger partial charge in [-0.05, 0) is 32.0 Å². The smallest absolute Gasteiger partial charge is 0.249 e. The Labute approximate surface area is 166 Å². The van der Waals surface area contributed by atoms with Crippen LogP contribution in [0.25, 0.3) is 10.9 Å². The summed E-state index contributed by atoms with van der Waals surface area (Å²) in [6, 6.07) is 5.28. The standard InChI is InChI=1S/C20H19N7O2/c1-13(2)26-11-16(15-10-21-5-4-17(15)26)20(29)14-3-6-22-18(9-14)25-19(28)12-27-23-7-8-24-27/h3-11,13H,12H2,1-2H3,(H,22,25,28). The highest BCUT2D eigenvalue weighted by molar-refractivity contribution is 6.16. The number of carbonyl (C=O) groups is 2. The van der Waals surface area contributed by atoms with Gasteiger partial charge in [0.15, 0.2) is 5.78 Å². The average molecular weight is 389 g/mol. The molecule has 9 nitrogen and oxygen atoms in total. The van der Waals surface area contributed by atoms with Gasteiger partial charge in [0.1, 0.15) is 12.4 Å². The van der Waals surface area contributed by atoms with E-state index in [0.717, 1.165) is 10.9 Å². The number of anilines is 1. The van der Waals surface area contributed by atoms with Crippen LogP contribution in [0.4, 0.5) is 5.82 Å². The van der Waals surface area contributed by atoms with Gasteiger partial charge in [0, 0.05) is 47.3 Å². The van der Waals surface area contributed by atoms with Gasteiger partial charge in [-0.1, -0.05) is 0 Å². The van der Waals surface area contributed by atoms with Crippen LogP contribution in [0.3, 0.4) is 0 Å². The molecule has 1 N–H and O–H groups in total. The van der Waals surface area contributed by atoms with E-state index in [9.17, 15) is 9.59 Å². The van der Waals surface area contributed by atoms with Crippen LogP contribution in [0.15, 0.2) is 55.4 Å². The van der Waals surface area contributed by atoms with Crippen LogP contribution >= 0.6 is 0 Å². The second kappa shape index (κ2) is 7.63. The van der Waals surface area contributed by atoms with Crippen molar-refractivity contribution >= 4 is 28.4 Å². The average Bonchev–Trinajstić information content (AvgIpc) is 3.35. The molecule has 146 valence electrons. The van der Waals surface area contributed by atoms with Crippen molar-refractivity contribution in [2.24, 2.45) is 0 Å². The number of nitrogens with one attached hydrogen (secondary N) is 1. The fraction of sp³-hybridized carbons (Fsp3) is 0.200. The summed E-state index contributed by atoms with van der Waals surface area (Å²) in [6.07, 6.45) is 9.74. The lowest BCUT2D eigenvalue weighted by molar-refractivity contribution is -0.117. The molecule has 4 heterocycles. The SMILES string of the molecule is CC(C)n1cc(C(=O)c2ccnc(NC(=O)Cn3nccn3)c2)c2cnccc21. The van der Waals surface area contributed by atoms with E-state index in [4.69, 9.17) is 0 Å². The second-order valence-corrected chi connectivity index (χ2v) is 6.80. The molecule has 4 aromatic heterocycles. The van der Waals surface area contributed by atoms with Crippen LogP contribution in [-0.2, 0) is 11.3 Å². The van der Waals surface area contributed by atoms with Gasteiger partial charge >= 0.3 is 0 Å². The molecule has 9 heteroatoms. The zero-order valence-electron chi connectivity index (χ0n) is 16.0. The Morgan fingerprint density at radius 1 is 1.10 bits per heavy atom. The fourth-order valence-electron chi connectivity index (χ4n) is 3.14. The summed E-state index contributed by atoms with van der Waals surface area (Å²) < 4.78 is 2.05. The highest BCUT2D eigenvalue weighted by Gasteiger charge is 2.19. The predicted octanol–water partition coefficient (Wildman–Crippen LogP) is 2.47. The summed E-state index contributed by atoms with van der Waals surface area (Å²) in [7, 11) is 0. The van der Waals surface area contributed by atoms with E-state index >= 15 is 0 Å². The summed E-state index contributed by atoms with van der Waals surface area (Å²) in [5.41, 5.74) is 1.94. The third-order valence-electron chi connectivity index (χ3n) is 4.48. The molecule has 0 saturated heterocycles. The van der Waals surface area contributed by atoms with Crippen molar-refractivity contribution in [3.63, 3.8) is 0 Å². The number of nitrogens with zero attached hydrogens (tertiary/aromatic N) is 6. The predicted molar refractivity (Wildman–Crippen MR) is 106 cm³/mol. The van der Waals surface area contributed by atoms with Crippen molar-refractivity contribution < 1.29 is 9.59 Å². The maximum atomic E-state index is 13.2. The molecule has 0 aliphatic carbocycles. The molecule has 0 fully saturated rings. The van der Waals surface area contributed by atoms with E-state index in [-0.39, 0.29) is 24.3 Å². The summed E-state index contributed by atoms with van der Waals surface area (Å²) in [6.45, 7) is 4.08. The number of ketones is 1. The van der Waals surface area contributed by atoms with Crippen molar-refractivity contribution in [2.45, 2.75) is 26.4 Å². The Kier molecular flexibility index (Phi) is 4.86. The van der Waals surface area contributed by atoms with Crippen molar-refractivity contribution in [1.82, 2.24) is 29.5 Å². The topological polar surface area (TPSA) is 108 Å². The van der Waals surface area contributed by atoms with Gasteiger partial charge in [0.05, 0.1) is 17.9 Å². The number of carbonyl (C=O) groups excluding carboxylic acids is 2. The van der Waals surface area contributed by atoms with Gasteiger partial charge in [-0.15, -0.1) is 0 Å².